The van der Waals surface area contributed by atoms with E-state index in [1.807, 2.05) is 12.1 Å². The number of pyridine rings is 1. The van der Waals surface area contributed by atoms with Crippen molar-refractivity contribution in [1.82, 2.24) is 29.2 Å². The van der Waals surface area contributed by atoms with Crippen LogP contribution in [-0.4, -0.2) is 73.7 Å². The van der Waals surface area contributed by atoms with Crippen LogP contribution in [0.25, 0.3) is 16.9 Å². The van der Waals surface area contributed by atoms with Gasteiger partial charge in [-0.1, -0.05) is 6.07 Å². The monoisotopic (exact) mass is 562 g/mol. The van der Waals surface area contributed by atoms with Crippen LogP contribution in [0.2, 0.25) is 0 Å². The normalized spacial score (nSPS) is 16.3. The number of rotatable bonds is 10. The zero-order valence-corrected chi connectivity index (χ0v) is 24.2. The number of hydrogen-bond acceptors (Lipinski definition) is 8. The van der Waals surface area contributed by atoms with Crippen molar-refractivity contribution in [2.45, 2.75) is 39.2 Å². The molecule has 0 spiro atoms. The Morgan fingerprint density at radius 2 is 1.95 bits per heavy atom. The lowest BCUT2D eigenvalue weighted by molar-refractivity contribution is 0.0738. The number of likely N-dealkylation sites (tertiary alicyclic amines) is 1. The fourth-order valence-electron chi connectivity index (χ4n) is 5.53. The van der Waals surface area contributed by atoms with Crippen molar-refractivity contribution in [1.29, 1.82) is 0 Å². The van der Waals surface area contributed by atoms with E-state index in [2.05, 4.69) is 49.1 Å². The second-order valence-electron chi connectivity index (χ2n) is 11.2. The molecule has 0 bridgehead atoms. The van der Waals surface area contributed by atoms with Crippen molar-refractivity contribution in [3.8, 4) is 5.82 Å². The van der Waals surface area contributed by atoms with Gasteiger partial charge in [0.15, 0.2) is 11.5 Å². The summed E-state index contributed by atoms with van der Waals surface area (Å²) < 4.78 is 15.9. The van der Waals surface area contributed by atoms with Gasteiger partial charge >= 0.3 is 0 Å². The second-order valence-corrected chi connectivity index (χ2v) is 11.2. The molecule has 1 aliphatic heterocycles. The summed E-state index contributed by atoms with van der Waals surface area (Å²) in [5.41, 5.74) is 1.48. The van der Waals surface area contributed by atoms with Crippen LogP contribution < -0.4 is 15.8 Å². The fraction of sp³-hybridized carbons (Fsp3) is 0.467. The van der Waals surface area contributed by atoms with Gasteiger partial charge in [0.2, 0.25) is 5.95 Å². The number of fused-ring (bicyclic) bond motifs is 1. The first-order valence-electron chi connectivity index (χ1n) is 14.2. The van der Waals surface area contributed by atoms with Crippen molar-refractivity contribution in [3.63, 3.8) is 0 Å². The first kappa shape index (κ1) is 28.7. The third-order valence-electron chi connectivity index (χ3n) is 7.72. The van der Waals surface area contributed by atoms with Crippen LogP contribution in [0.15, 0.2) is 53.5 Å². The molecule has 3 aromatic heterocycles. The van der Waals surface area contributed by atoms with Gasteiger partial charge in [-0.3, -0.25) is 4.79 Å². The predicted molar refractivity (Wildman–Crippen MR) is 160 cm³/mol. The molecule has 4 aromatic rings. The minimum atomic E-state index is -1.13. The minimum absolute atomic E-state index is 0.239. The molecule has 10 nitrogen and oxygen atoms in total. The number of piperidine rings is 1. The lowest BCUT2D eigenvalue weighted by atomic mass is 9.97. The average Bonchev–Trinajstić information content (AvgIpc) is 3.21. The number of aliphatic hydroxyl groups is 1. The zero-order valence-electron chi connectivity index (χ0n) is 24.2. The molecule has 1 saturated heterocycles. The van der Waals surface area contributed by atoms with Gasteiger partial charge in [-0.05, 0) is 82.5 Å². The number of aromatic nitrogens is 5. The second kappa shape index (κ2) is 12.0. The number of benzene rings is 1. The highest BCUT2D eigenvalue weighted by Crippen LogP contribution is 2.25. The van der Waals surface area contributed by atoms with Gasteiger partial charge in [-0.15, -0.1) is 0 Å². The van der Waals surface area contributed by atoms with Gasteiger partial charge in [0.25, 0.3) is 5.56 Å². The first-order chi connectivity index (χ1) is 19.7. The van der Waals surface area contributed by atoms with E-state index in [9.17, 15) is 14.3 Å². The maximum Gasteiger partial charge on any atom is 0.277 e. The first-order valence-corrected chi connectivity index (χ1v) is 14.2. The molecular weight excluding hydrogens is 523 g/mol. The maximum absolute atomic E-state index is 12.9. The number of halogens is 1. The van der Waals surface area contributed by atoms with E-state index in [-0.39, 0.29) is 12.2 Å². The summed E-state index contributed by atoms with van der Waals surface area (Å²) in [6.45, 7) is 9.50. The lowest BCUT2D eigenvalue weighted by Gasteiger charge is -2.35. The number of nitrogens with one attached hydrogen (secondary N) is 1. The van der Waals surface area contributed by atoms with E-state index in [0.717, 1.165) is 44.0 Å². The van der Waals surface area contributed by atoms with Crippen molar-refractivity contribution >= 4 is 28.4 Å². The highest BCUT2D eigenvalue weighted by atomic mass is 19.1. The molecule has 41 heavy (non-hydrogen) atoms. The van der Waals surface area contributed by atoms with E-state index >= 15 is 0 Å². The summed E-state index contributed by atoms with van der Waals surface area (Å²) in [6, 6.07) is 13.5. The van der Waals surface area contributed by atoms with Gasteiger partial charge < -0.3 is 20.2 Å². The highest BCUT2D eigenvalue weighted by molar-refractivity contribution is 5.77. The molecule has 11 heteroatoms. The predicted octanol–water partition coefficient (Wildman–Crippen LogP) is 3.99. The van der Waals surface area contributed by atoms with Gasteiger partial charge in [-0.25, -0.2) is 23.7 Å². The van der Waals surface area contributed by atoms with Gasteiger partial charge in [0.05, 0.1) is 5.69 Å². The number of nitrogens with zero attached hydrogens (tertiary/aromatic N) is 7. The lowest BCUT2D eigenvalue weighted by Crippen LogP contribution is -2.41. The Balaban J connectivity index is 1.35. The Bertz CT molecular complexity index is 1540. The summed E-state index contributed by atoms with van der Waals surface area (Å²) >= 11 is 0. The number of anilines is 3. The molecule has 4 heterocycles. The summed E-state index contributed by atoms with van der Waals surface area (Å²) in [7, 11) is 1.65. The summed E-state index contributed by atoms with van der Waals surface area (Å²) in [4.78, 5) is 31.2. The molecule has 218 valence electrons. The van der Waals surface area contributed by atoms with Crippen LogP contribution >= 0.6 is 0 Å². The third kappa shape index (κ3) is 6.25. The summed E-state index contributed by atoms with van der Waals surface area (Å²) in [6.07, 6.45) is 3.80. The number of alkyl halides is 1. The molecule has 1 aliphatic rings. The van der Waals surface area contributed by atoms with E-state index < -0.39 is 5.60 Å². The Morgan fingerprint density at radius 3 is 2.66 bits per heavy atom. The zero-order chi connectivity index (χ0) is 29.1. The molecule has 5 rings (SSSR count). The van der Waals surface area contributed by atoms with Crippen molar-refractivity contribution in [2.75, 3.05) is 49.6 Å². The molecule has 0 saturated carbocycles. The molecule has 0 aliphatic carbocycles. The van der Waals surface area contributed by atoms with Gasteiger partial charge in [0.1, 0.15) is 17.7 Å². The van der Waals surface area contributed by atoms with E-state index in [1.54, 1.807) is 43.8 Å². The standard InChI is InChI=1S/C30H39FN8O2/c1-5-38(20-21-8-7-16-37(19-21)17-15-31)23-13-11-22(12-14-23)33-29-32-18-24-27(35-29)39(36(4)28(24)40)26-10-6-9-25(34-26)30(2,3)41/h6,9-14,18,21,41H,5,7-8,15-17,19-20H2,1-4H3,(H,32,33,35). The molecular formula is C30H39FN8O2. The van der Waals surface area contributed by atoms with Crippen LogP contribution in [0.1, 0.15) is 39.3 Å². The molecule has 1 atom stereocenters. The molecule has 1 aromatic carbocycles. The SMILES string of the molecule is CCN(CC1CCCN(CCF)C1)c1ccc(Nc2ncc3c(=O)n(C)n(-c4cccc(C(C)(C)O)n4)c3n2)cc1. The highest BCUT2D eigenvalue weighted by Gasteiger charge is 2.23. The van der Waals surface area contributed by atoms with E-state index in [4.69, 9.17) is 0 Å². The Hall–Kier alpha value is -3.83. The minimum Gasteiger partial charge on any atom is -0.384 e. The maximum atomic E-state index is 12.9. The van der Waals surface area contributed by atoms with Crippen LogP contribution in [0.5, 0.6) is 0 Å². The summed E-state index contributed by atoms with van der Waals surface area (Å²) in [5, 5.41) is 14.1. The Morgan fingerprint density at radius 1 is 1.17 bits per heavy atom. The van der Waals surface area contributed by atoms with E-state index in [1.165, 1.54) is 17.3 Å². The van der Waals surface area contributed by atoms with Gasteiger partial charge in [0, 0.05) is 50.8 Å². The largest absolute Gasteiger partial charge is 0.384 e. The van der Waals surface area contributed by atoms with Crippen molar-refractivity contribution in [3.05, 3.63) is 64.7 Å². The molecule has 1 fully saturated rings. The number of hydrogen-bond donors (Lipinski definition) is 2. The summed E-state index contributed by atoms with van der Waals surface area (Å²) in [5.74, 6) is 1.35. The van der Waals surface area contributed by atoms with E-state index in [0.29, 0.717) is 41.0 Å². The quantitative estimate of drug-likeness (QED) is 0.299. The van der Waals surface area contributed by atoms with Crippen LogP contribution in [0.3, 0.4) is 0 Å². The van der Waals surface area contributed by atoms with Crippen LogP contribution in [0.4, 0.5) is 21.7 Å². The van der Waals surface area contributed by atoms with Gasteiger partial charge in [-0.2, -0.15) is 4.98 Å². The molecule has 2 N–H and O–H groups in total. The third-order valence-corrected chi connectivity index (χ3v) is 7.72. The molecule has 1 unspecified atom stereocenters. The molecule has 0 radical (unpaired) electrons. The topological polar surface area (TPSA) is 104 Å². The fourth-order valence-corrected chi connectivity index (χ4v) is 5.53. The Kier molecular flexibility index (Phi) is 8.37. The van der Waals surface area contributed by atoms with Crippen LogP contribution in [0, 0.1) is 5.92 Å². The van der Waals surface area contributed by atoms with Crippen molar-refractivity contribution < 1.29 is 9.50 Å². The van der Waals surface area contributed by atoms with Crippen molar-refractivity contribution in [2.24, 2.45) is 13.0 Å². The molecule has 0 amide bonds. The Labute approximate surface area is 239 Å². The average molecular weight is 563 g/mol. The van der Waals surface area contributed by atoms with Crippen LogP contribution in [-0.2, 0) is 12.6 Å². The smallest absolute Gasteiger partial charge is 0.277 e.